The Morgan fingerprint density at radius 1 is 1.22 bits per heavy atom. The van der Waals surface area contributed by atoms with Crippen molar-refractivity contribution in [2.45, 2.75) is 20.0 Å². The van der Waals surface area contributed by atoms with E-state index in [1.165, 1.54) is 11.3 Å². The molecule has 5 nitrogen and oxygen atoms in total. The minimum Gasteiger partial charge on any atom is -0.496 e. The molecule has 1 N–H and O–H groups in total. The van der Waals surface area contributed by atoms with E-state index >= 15 is 0 Å². The number of nitrogens with one attached hydrogen (secondary N) is 1. The molecule has 0 unspecified atom stereocenters. The lowest BCUT2D eigenvalue weighted by atomic mass is 10.2. The highest BCUT2D eigenvalue weighted by molar-refractivity contribution is 9.10. The molecule has 0 saturated heterocycles. The second-order valence-corrected chi connectivity index (χ2v) is 7.75. The van der Waals surface area contributed by atoms with Gasteiger partial charge in [-0.1, -0.05) is 6.07 Å². The summed E-state index contributed by atoms with van der Waals surface area (Å²) in [7, 11) is 1.62. The van der Waals surface area contributed by atoms with Gasteiger partial charge in [0.1, 0.15) is 11.5 Å². The van der Waals surface area contributed by atoms with Crippen molar-refractivity contribution in [2.75, 3.05) is 12.4 Å². The number of methoxy groups -OCH3 is 1. The number of thiazole rings is 1. The Bertz CT molecular complexity index is 956. The lowest BCUT2D eigenvalue weighted by molar-refractivity contribution is 0.102. The van der Waals surface area contributed by atoms with Crippen molar-refractivity contribution < 1.29 is 14.3 Å². The molecule has 7 heteroatoms. The quantitative estimate of drug-likeness (QED) is 0.533. The van der Waals surface area contributed by atoms with Gasteiger partial charge >= 0.3 is 0 Å². The first-order valence-electron chi connectivity index (χ1n) is 8.34. The maximum Gasteiger partial charge on any atom is 0.257 e. The van der Waals surface area contributed by atoms with Crippen molar-refractivity contribution >= 4 is 38.3 Å². The van der Waals surface area contributed by atoms with Gasteiger partial charge in [-0.05, 0) is 66.2 Å². The number of rotatable bonds is 6. The lowest BCUT2D eigenvalue weighted by Crippen LogP contribution is -2.12. The van der Waals surface area contributed by atoms with Crippen LogP contribution in [0, 0.1) is 0 Å². The first-order chi connectivity index (χ1) is 13.0. The van der Waals surface area contributed by atoms with Gasteiger partial charge in [0.15, 0.2) is 5.13 Å². The standard InChI is InChI=1S/C20H19BrN2O3S/c1-12(2)26-15-6-4-5-14(9-15)19(24)23-20-22-17(11-27-20)13-7-8-18(25-3)16(21)10-13/h4-12H,1-3H3,(H,22,23,24). The molecule has 0 spiro atoms. The number of nitrogens with zero attached hydrogens (tertiary/aromatic N) is 1. The Labute approximate surface area is 170 Å². The summed E-state index contributed by atoms with van der Waals surface area (Å²) < 4.78 is 11.7. The molecule has 0 atom stereocenters. The van der Waals surface area contributed by atoms with Gasteiger partial charge in [0.2, 0.25) is 0 Å². The molecule has 27 heavy (non-hydrogen) atoms. The van der Waals surface area contributed by atoms with Crippen molar-refractivity contribution in [3.8, 4) is 22.8 Å². The molecule has 3 rings (SSSR count). The van der Waals surface area contributed by atoms with Crippen LogP contribution >= 0.6 is 27.3 Å². The summed E-state index contributed by atoms with van der Waals surface area (Å²) in [4.78, 5) is 17.0. The van der Waals surface area contributed by atoms with E-state index in [0.29, 0.717) is 16.4 Å². The first kappa shape index (κ1) is 19.4. The highest BCUT2D eigenvalue weighted by atomic mass is 79.9. The maximum atomic E-state index is 12.5. The minimum atomic E-state index is -0.221. The number of carbonyl (C=O) groups is 1. The number of benzene rings is 2. The molecule has 1 amide bonds. The van der Waals surface area contributed by atoms with E-state index in [4.69, 9.17) is 9.47 Å². The Kier molecular flexibility index (Phi) is 6.13. The van der Waals surface area contributed by atoms with Gasteiger partial charge in [-0.3, -0.25) is 10.1 Å². The highest BCUT2D eigenvalue weighted by Crippen LogP contribution is 2.32. The predicted molar refractivity (Wildman–Crippen MR) is 112 cm³/mol. The Morgan fingerprint density at radius 3 is 2.74 bits per heavy atom. The Morgan fingerprint density at radius 2 is 2.04 bits per heavy atom. The third-order valence-electron chi connectivity index (χ3n) is 3.64. The van der Waals surface area contributed by atoms with E-state index in [9.17, 15) is 4.79 Å². The van der Waals surface area contributed by atoms with Crippen LogP contribution < -0.4 is 14.8 Å². The largest absolute Gasteiger partial charge is 0.496 e. The fourth-order valence-electron chi connectivity index (χ4n) is 2.44. The SMILES string of the molecule is COc1ccc(-c2csc(NC(=O)c3cccc(OC(C)C)c3)n2)cc1Br. The second-order valence-electron chi connectivity index (χ2n) is 6.04. The summed E-state index contributed by atoms with van der Waals surface area (Å²) in [5.74, 6) is 1.20. The van der Waals surface area contributed by atoms with Crippen LogP contribution in [0.2, 0.25) is 0 Å². The van der Waals surface area contributed by atoms with Crippen molar-refractivity contribution in [2.24, 2.45) is 0 Å². The van der Waals surface area contributed by atoms with E-state index in [-0.39, 0.29) is 12.0 Å². The van der Waals surface area contributed by atoms with Crippen LogP contribution in [-0.2, 0) is 0 Å². The summed E-state index contributed by atoms with van der Waals surface area (Å²) in [6.07, 6.45) is 0.0497. The summed E-state index contributed by atoms with van der Waals surface area (Å²) in [6, 6.07) is 12.8. The van der Waals surface area contributed by atoms with Gasteiger partial charge in [-0.2, -0.15) is 0 Å². The normalized spacial score (nSPS) is 10.7. The fourth-order valence-corrected chi connectivity index (χ4v) is 3.70. The van der Waals surface area contributed by atoms with Crippen LogP contribution in [0.25, 0.3) is 11.3 Å². The van der Waals surface area contributed by atoms with Crippen molar-refractivity contribution in [3.63, 3.8) is 0 Å². The third kappa shape index (κ3) is 4.87. The molecule has 0 bridgehead atoms. The number of halogens is 1. The molecular weight excluding hydrogens is 428 g/mol. The number of ether oxygens (including phenoxy) is 2. The average Bonchev–Trinajstić information content (AvgIpc) is 3.09. The highest BCUT2D eigenvalue weighted by Gasteiger charge is 2.12. The lowest BCUT2D eigenvalue weighted by Gasteiger charge is -2.10. The third-order valence-corrected chi connectivity index (χ3v) is 5.02. The monoisotopic (exact) mass is 446 g/mol. The molecule has 0 aliphatic carbocycles. The van der Waals surface area contributed by atoms with Crippen LogP contribution in [0.4, 0.5) is 5.13 Å². The summed E-state index contributed by atoms with van der Waals surface area (Å²) in [6.45, 7) is 3.89. The van der Waals surface area contributed by atoms with Gasteiger partial charge in [0, 0.05) is 16.5 Å². The molecule has 1 aromatic heterocycles. The Hall–Kier alpha value is -2.38. The number of anilines is 1. The molecule has 0 aliphatic heterocycles. The average molecular weight is 447 g/mol. The fraction of sp³-hybridized carbons (Fsp3) is 0.200. The molecular formula is C20H19BrN2O3S. The molecule has 140 valence electrons. The van der Waals surface area contributed by atoms with E-state index in [1.54, 1.807) is 25.3 Å². The van der Waals surface area contributed by atoms with Gasteiger partial charge in [0.05, 0.1) is 23.4 Å². The molecule has 0 aliphatic rings. The van der Waals surface area contributed by atoms with Crippen molar-refractivity contribution in [3.05, 3.63) is 57.9 Å². The molecule has 2 aromatic carbocycles. The van der Waals surface area contributed by atoms with Crippen molar-refractivity contribution in [1.82, 2.24) is 4.98 Å². The van der Waals surface area contributed by atoms with Gasteiger partial charge < -0.3 is 9.47 Å². The number of carbonyl (C=O) groups excluding carboxylic acids is 1. The zero-order chi connectivity index (χ0) is 19.4. The number of aromatic nitrogens is 1. The van der Waals surface area contributed by atoms with Crippen LogP contribution in [0.5, 0.6) is 11.5 Å². The van der Waals surface area contributed by atoms with Crippen LogP contribution in [0.3, 0.4) is 0 Å². The Balaban J connectivity index is 1.74. The first-order valence-corrected chi connectivity index (χ1v) is 10.0. The maximum absolute atomic E-state index is 12.5. The van der Waals surface area contributed by atoms with Crippen LogP contribution in [0.1, 0.15) is 24.2 Å². The molecule has 0 radical (unpaired) electrons. The molecule has 3 aromatic rings. The second kappa shape index (κ2) is 8.54. The van der Waals surface area contributed by atoms with Gasteiger partial charge in [-0.15, -0.1) is 11.3 Å². The smallest absolute Gasteiger partial charge is 0.257 e. The summed E-state index contributed by atoms with van der Waals surface area (Å²) in [5, 5.41) is 5.29. The summed E-state index contributed by atoms with van der Waals surface area (Å²) in [5.41, 5.74) is 2.25. The van der Waals surface area contributed by atoms with E-state index in [0.717, 1.165) is 21.5 Å². The van der Waals surface area contributed by atoms with E-state index in [2.05, 4.69) is 26.2 Å². The predicted octanol–water partition coefficient (Wildman–Crippen LogP) is 5.62. The number of amides is 1. The van der Waals surface area contributed by atoms with Crippen LogP contribution in [-0.4, -0.2) is 24.1 Å². The zero-order valence-electron chi connectivity index (χ0n) is 15.2. The van der Waals surface area contributed by atoms with Gasteiger partial charge in [0.25, 0.3) is 5.91 Å². The van der Waals surface area contributed by atoms with Crippen molar-refractivity contribution in [1.29, 1.82) is 0 Å². The molecule has 0 saturated carbocycles. The van der Waals surface area contributed by atoms with Gasteiger partial charge in [-0.25, -0.2) is 4.98 Å². The molecule has 0 fully saturated rings. The summed E-state index contributed by atoms with van der Waals surface area (Å²) >= 11 is 4.85. The molecule has 1 heterocycles. The number of hydrogen-bond acceptors (Lipinski definition) is 5. The van der Waals surface area contributed by atoms with E-state index < -0.39 is 0 Å². The van der Waals surface area contributed by atoms with E-state index in [1.807, 2.05) is 43.5 Å². The minimum absolute atomic E-state index is 0.0497. The zero-order valence-corrected chi connectivity index (χ0v) is 17.6. The van der Waals surface area contributed by atoms with Crippen LogP contribution in [0.15, 0.2) is 52.3 Å². The topological polar surface area (TPSA) is 60.5 Å². The number of hydrogen-bond donors (Lipinski definition) is 1.